The standard InChI is InChI=1S/C21H16ClFN2O3/c22-14-10-11-19(17(23)12-14)25-20(26)13-28-21(27)16-8-4-5-9-18(16)24-15-6-2-1-3-7-15/h1-12,24H,13H2,(H,25,26). The molecule has 28 heavy (non-hydrogen) atoms. The monoisotopic (exact) mass is 398 g/mol. The molecule has 0 spiro atoms. The number of para-hydroxylation sites is 2. The molecule has 0 unspecified atom stereocenters. The number of halogens is 2. The number of anilines is 3. The Hall–Kier alpha value is -3.38. The lowest BCUT2D eigenvalue weighted by Crippen LogP contribution is -2.21. The molecule has 0 aliphatic carbocycles. The third-order valence-corrected chi connectivity index (χ3v) is 3.97. The highest BCUT2D eigenvalue weighted by Gasteiger charge is 2.15. The van der Waals surface area contributed by atoms with Gasteiger partial charge < -0.3 is 15.4 Å². The molecule has 0 fully saturated rings. The predicted octanol–water partition coefficient (Wildman–Crippen LogP) is 5.02. The molecular formula is C21H16ClFN2O3. The van der Waals surface area contributed by atoms with Gasteiger partial charge in [-0.3, -0.25) is 4.79 Å². The molecule has 0 aliphatic rings. The molecular weight excluding hydrogens is 383 g/mol. The number of carbonyl (C=O) groups is 2. The Kier molecular flexibility index (Phi) is 6.24. The Morgan fingerprint density at radius 3 is 2.39 bits per heavy atom. The second-order valence-electron chi connectivity index (χ2n) is 5.79. The average molecular weight is 399 g/mol. The van der Waals surface area contributed by atoms with Gasteiger partial charge in [0.2, 0.25) is 0 Å². The fourth-order valence-corrected chi connectivity index (χ4v) is 2.59. The van der Waals surface area contributed by atoms with Gasteiger partial charge >= 0.3 is 5.97 Å². The van der Waals surface area contributed by atoms with Crippen LogP contribution in [0.3, 0.4) is 0 Å². The number of ether oxygens (including phenoxy) is 1. The van der Waals surface area contributed by atoms with Crippen molar-refractivity contribution in [2.75, 3.05) is 17.2 Å². The van der Waals surface area contributed by atoms with E-state index in [1.165, 1.54) is 12.1 Å². The van der Waals surface area contributed by atoms with E-state index in [-0.39, 0.29) is 16.3 Å². The van der Waals surface area contributed by atoms with Crippen LogP contribution in [0.4, 0.5) is 21.5 Å². The lowest BCUT2D eigenvalue weighted by atomic mass is 10.1. The Labute approximate surface area is 166 Å². The maximum atomic E-state index is 13.7. The van der Waals surface area contributed by atoms with Gasteiger partial charge in [-0.15, -0.1) is 0 Å². The van der Waals surface area contributed by atoms with E-state index in [0.29, 0.717) is 5.69 Å². The molecule has 5 nitrogen and oxygen atoms in total. The van der Waals surface area contributed by atoms with Gasteiger partial charge in [0.05, 0.1) is 16.9 Å². The highest BCUT2D eigenvalue weighted by atomic mass is 35.5. The molecule has 1 amide bonds. The Morgan fingerprint density at radius 1 is 0.929 bits per heavy atom. The summed E-state index contributed by atoms with van der Waals surface area (Å²) >= 11 is 5.67. The van der Waals surface area contributed by atoms with Gasteiger partial charge in [0.25, 0.3) is 5.91 Å². The minimum absolute atomic E-state index is 0.0448. The zero-order valence-electron chi connectivity index (χ0n) is 14.6. The molecule has 0 aliphatic heterocycles. The van der Waals surface area contributed by atoms with E-state index in [4.69, 9.17) is 16.3 Å². The summed E-state index contributed by atoms with van der Waals surface area (Å²) in [6.07, 6.45) is 0. The van der Waals surface area contributed by atoms with Gasteiger partial charge in [-0.05, 0) is 42.5 Å². The lowest BCUT2D eigenvalue weighted by Gasteiger charge is -2.12. The molecule has 0 saturated carbocycles. The Bertz CT molecular complexity index is 996. The smallest absolute Gasteiger partial charge is 0.340 e. The third kappa shape index (κ3) is 5.08. The summed E-state index contributed by atoms with van der Waals surface area (Å²) in [6, 6.07) is 20.0. The largest absolute Gasteiger partial charge is 0.452 e. The number of hydrogen-bond acceptors (Lipinski definition) is 4. The van der Waals surface area contributed by atoms with Crippen LogP contribution in [-0.2, 0) is 9.53 Å². The second kappa shape index (κ2) is 9.01. The van der Waals surface area contributed by atoms with Crippen molar-refractivity contribution in [1.29, 1.82) is 0 Å². The first-order chi connectivity index (χ1) is 13.5. The topological polar surface area (TPSA) is 67.4 Å². The van der Waals surface area contributed by atoms with Crippen molar-refractivity contribution in [2.45, 2.75) is 0 Å². The average Bonchev–Trinajstić information content (AvgIpc) is 2.69. The molecule has 3 rings (SSSR count). The molecule has 3 aromatic carbocycles. The van der Waals surface area contributed by atoms with Crippen LogP contribution in [0.1, 0.15) is 10.4 Å². The molecule has 0 aromatic heterocycles. The summed E-state index contributed by atoms with van der Waals surface area (Å²) < 4.78 is 18.8. The van der Waals surface area contributed by atoms with Gasteiger partial charge in [-0.25, -0.2) is 9.18 Å². The Balaban J connectivity index is 1.62. The zero-order valence-corrected chi connectivity index (χ0v) is 15.4. The quantitative estimate of drug-likeness (QED) is 0.572. The molecule has 3 aromatic rings. The number of carbonyl (C=O) groups excluding carboxylic acids is 2. The van der Waals surface area contributed by atoms with E-state index in [1.807, 2.05) is 30.3 Å². The summed E-state index contributed by atoms with van der Waals surface area (Å²) in [4.78, 5) is 24.3. The number of benzene rings is 3. The van der Waals surface area contributed by atoms with Gasteiger partial charge in [0.15, 0.2) is 6.61 Å². The van der Waals surface area contributed by atoms with Crippen molar-refractivity contribution in [3.63, 3.8) is 0 Å². The number of hydrogen-bond donors (Lipinski definition) is 2. The van der Waals surface area contributed by atoms with Crippen LogP contribution < -0.4 is 10.6 Å². The predicted molar refractivity (Wildman–Crippen MR) is 106 cm³/mol. The maximum Gasteiger partial charge on any atom is 0.340 e. The van der Waals surface area contributed by atoms with Crippen molar-refractivity contribution in [3.05, 3.63) is 89.2 Å². The van der Waals surface area contributed by atoms with E-state index in [0.717, 1.165) is 11.8 Å². The highest BCUT2D eigenvalue weighted by molar-refractivity contribution is 6.30. The van der Waals surface area contributed by atoms with Crippen LogP contribution in [0, 0.1) is 5.82 Å². The number of nitrogens with one attached hydrogen (secondary N) is 2. The molecule has 142 valence electrons. The van der Waals surface area contributed by atoms with Crippen LogP contribution in [-0.4, -0.2) is 18.5 Å². The van der Waals surface area contributed by atoms with Crippen LogP contribution >= 0.6 is 11.6 Å². The molecule has 0 radical (unpaired) electrons. The van der Waals surface area contributed by atoms with Crippen molar-refractivity contribution >= 4 is 40.5 Å². The van der Waals surface area contributed by atoms with E-state index in [2.05, 4.69) is 10.6 Å². The number of rotatable bonds is 6. The summed E-state index contributed by atoms with van der Waals surface area (Å²) in [5, 5.41) is 5.68. The second-order valence-corrected chi connectivity index (χ2v) is 6.22. The van der Waals surface area contributed by atoms with Gasteiger partial charge in [-0.1, -0.05) is 41.9 Å². The van der Waals surface area contributed by atoms with E-state index in [1.54, 1.807) is 24.3 Å². The van der Waals surface area contributed by atoms with E-state index in [9.17, 15) is 14.0 Å². The first-order valence-electron chi connectivity index (χ1n) is 8.36. The molecule has 0 bridgehead atoms. The van der Waals surface area contributed by atoms with Crippen molar-refractivity contribution in [3.8, 4) is 0 Å². The normalized spacial score (nSPS) is 10.2. The highest BCUT2D eigenvalue weighted by Crippen LogP contribution is 2.22. The fraction of sp³-hybridized carbons (Fsp3) is 0.0476. The zero-order chi connectivity index (χ0) is 19.9. The Morgan fingerprint density at radius 2 is 1.64 bits per heavy atom. The van der Waals surface area contributed by atoms with Crippen LogP contribution in [0.15, 0.2) is 72.8 Å². The van der Waals surface area contributed by atoms with Gasteiger partial charge in [0, 0.05) is 10.7 Å². The van der Waals surface area contributed by atoms with Crippen LogP contribution in [0.2, 0.25) is 5.02 Å². The molecule has 0 heterocycles. The molecule has 0 saturated heterocycles. The van der Waals surface area contributed by atoms with Crippen molar-refractivity contribution in [2.24, 2.45) is 0 Å². The molecule has 2 N–H and O–H groups in total. The minimum atomic E-state index is -0.676. The maximum absolute atomic E-state index is 13.7. The fourth-order valence-electron chi connectivity index (χ4n) is 2.43. The number of amides is 1. The molecule has 7 heteroatoms. The van der Waals surface area contributed by atoms with Crippen LogP contribution in [0.25, 0.3) is 0 Å². The minimum Gasteiger partial charge on any atom is -0.452 e. The third-order valence-electron chi connectivity index (χ3n) is 3.74. The SMILES string of the molecule is O=C(COC(=O)c1ccccc1Nc1ccccc1)Nc1ccc(Cl)cc1F. The first-order valence-corrected chi connectivity index (χ1v) is 8.74. The lowest BCUT2D eigenvalue weighted by molar-refractivity contribution is -0.119. The summed E-state index contributed by atoms with van der Waals surface area (Å²) in [6.45, 7) is -0.555. The first kappa shape index (κ1) is 19.4. The summed E-state index contributed by atoms with van der Waals surface area (Å²) in [5.74, 6) is -2.02. The van der Waals surface area contributed by atoms with Gasteiger partial charge in [-0.2, -0.15) is 0 Å². The van der Waals surface area contributed by atoms with Crippen molar-refractivity contribution in [1.82, 2.24) is 0 Å². The summed E-state index contributed by atoms with van der Waals surface area (Å²) in [5.41, 5.74) is 1.58. The van der Waals surface area contributed by atoms with E-state index < -0.39 is 24.3 Å². The van der Waals surface area contributed by atoms with Crippen molar-refractivity contribution < 1.29 is 18.7 Å². The van der Waals surface area contributed by atoms with Crippen LogP contribution in [0.5, 0.6) is 0 Å². The summed E-state index contributed by atoms with van der Waals surface area (Å²) in [7, 11) is 0. The number of esters is 1. The van der Waals surface area contributed by atoms with Gasteiger partial charge in [0.1, 0.15) is 5.82 Å². The van der Waals surface area contributed by atoms with E-state index >= 15 is 0 Å². The molecule has 0 atom stereocenters.